The van der Waals surface area contributed by atoms with Gasteiger partial charge in [0.05, 0.1) is 17.8 Å². The molecule has 0 saturated heterocycles. The highest BCUT2D eigenvalue weighted by Crippen LogP contribution is 2.15. The Morgan fingerprint density at radius 3 is 2.56 bits per heavy atom. The number of nitrogens with two attached hydrogens (primary N) is 1. The molecule has 102 valence electrons. The SMILES string of the molecule is CC(C)CCc1c(C(N)=O)nnn1CC(C)(C)O. The van der Waals surface area contributed by atoms with Gasteiger partial charge in [0.25, 0.3) is 5.91 Å². The summed E-state index contributed by atoms with van der Waals surface area (Å²) in [4.78, 5) is 11.3. The van der Waals surface area contributed by atoms with Gasteiger partial charge in [-0.05, 0) is 32.6 Å². The van der Waals surface area contributed by atoms with Gasteiger partial charge in [-0.2, -0.15) is 0 Å². The maximum absolute atomic E-state index is 11.3. The van der Waals surface area contributed by atoms with Crippen LogP contribution >= 0.6 is 0 Å². The van der Waals surface area contributed by atoms with Crippen LogP contribution in [0.3, 0.4) is 0 Å². The van der Waals surface area contributed by atoms with Gasteiger partial charge < -0.3 is 10.8 Å². The lowest BCUT2D eigenvalue weighted by Crippen LogP contribution is -2.28. The van der Waals surface area contributed by atoms with Gasteiger partial charge in [-0.3, -0.25) is 4.79 Å². The molecule has 6 heteroatoms. The summed E-state index contributed by atoms with van der Waals surface area (Å²) < 4.78 is 1.57. The van der Waals surface area contributed by atoms with Crippen LogP contribution in [0.5, 0.6) is 0 Å². The number of primary amides is 1. The lowest BCUT2D eigenvalue weighted by atomic mass is 10.0. The number of carbonyl (C=O) groups excluding carboxylic acids is 1. The Morgan fingerprint density at radius 2 is 2.11 bits per heavy atom. The van der Waals surface area contributed by atoms with Gasteiger partial charge >= 0.3 is 0 Å². The van der Waals surface area contributed by atoms with Gasteiger partial charge in [-0.25, -0.2) is 4.68 Å². The molecule has 1 amide bonds. The van der Waals surface area contributed by atoms with Crippen molar-refractivity contribution in [2.75, 3.05) is 0 Å². The molecule has 1 rings (SSSR count). The van der Waals surface area contributed by atoms with E-state index in [1.165, 1.54) is 0 Å². The van der Waals surface area contributed by atoms with E-state index < -0.39 is 11.5 Å². The minimum Gasteiger partial charge on any atom is -0.389 e. The molecule has 1 aromatic rings. The zero-order valence-electron chi connectivity index (χ0n) is 11.5. The molecule has 0 saturated carbocycles. The molecule has 0 aliphatic rings. The van der Waals surface area contributed by atoms with E-state index in [1.54, 1.807) is 18.5 Å². The van der Waals surface area contributed by atoms with Gasteiger partial charge in [0, 0.05) is 0 Å². The van der Waals surface area contributed by atoms with E-state index in [0.717, 1.165) is 6.42 Å². The number of amides is 1. The van der Waals surface area contributed by atoms with Crippen LogP contribution in [0.1, 0.15) is 50.3 Å². The first-order valence-electron chi connectivity index (χ1n) is 6.15. The number of aromatic nitrogens is 3. The summed E-state index contributed by atoms with van der Waals surface area (Å²) in [6.07, 6.45) is 1.60. The fourth-order valence-electron chi connectivity index (χ4n) is 1.69. The molecular weight excluding hydrogens is 232 g/mol. The first-order chi connectivity index (χ1) is 8.20. The summed E-state index contributed by atoms with van der Waals surface area (Å²) in [5.41, 5.74) is 5.29. The molecule has 0 radical (unpaired) electrons. The van der Waals surface area contributed by atoms with Gasteiger partial charge in [-0.1, -0.05) is 19.1 Å². The number of rotatable bonds is 6. The minimum absolute atomic E-state index is 0.208. The molecule has 1 heterocycles. The summed E-state index contributed by atoms with van der Waals surface area (Å²) in [5, 5.41) is 17.5. The number of hydrogen-bond donors (Lipinski definition) is 2. The topological polar surface area (TPSA) is 94.0 Å². The van der Waals surface area contributed by atoms with Crippen LogP contribution in [0.4, 0.5) is 0 Å². The van der Waals surface area contributed by atoms with Crippen LogP contribution < -0.4 is 5.73 Å². The standard InChI is InChI=1S/C12H22N4O2/c1-8(2)5-6-9-10(11(13)17)14-15-16(9)7-12(3,4)18/h8,18H,5-7H2,1-4H3,(H2,13,17). The molecule has 6 nitrogen and oxygen atoms in total. The highest BCUT2D eigenvalue weighted by atomic mass is 16.3. The maximum Gasteiger partial charge on any atom is 0.271 e. The first-order valence-corrected chi connectivity index (χ1v) is 6.15. The van der Waals surface area contributed by atoms with E-state index in [0.29, 0.717) is 24.6 Å². The Labute approximate surface area is 107 Å². The Hall–Kier alpha value is -1.43. The largest absolute Gasteiger partial charge is 0.389 e. The zero-order valence-corrected chi connectivity index (χ0v) is 11.5. The van der Waals surface area contributed by atoms with Crippen LogP contribution in [-0.2, 0) is 13.0 Å². The van der Waals surface area contributed by atoms with E-state index in [1.807, 2.05) is 0 Å². The van der Waals surface area contributed by atoms with Crippen molar-refractivity contribution >= 4 is 5.91 Å². The zero-order chi connectivity index (χ0) is 13.9. The van der Waals surface area contributed by atoms with Crippen molar-refractivity contribution in [3.8, 4) is 0 Å². The molecule has 0 bridgehead atoms. The van der Waals surface area contributed by atoms with E-state index in [9.17, 15) is 9.90 Å². The third kappa shape index (κ3) is 4.10. The normalized spacial score (nSPS) is 12.1. The molecular formula is C12H22N4O2. The predicted octanol–water partition coefficient (Wildman–Crippen LogP) is 0.736. The number of aliphatic hydroxyl groups is 1. The van der Waals surface area contributed by atoms with E-state index in [4.69, 9.17) is 5.73 Å². The molecule has 1 aromatic heterocycles. The second kappa shape index (κ2) is 5.48. The van der Waals surface area contributed by atoms with Crippen molar-refractivity contribution in [2.45, 2.75) is 52.7 Å². The van der Waals surface area contributed by atoms with Crippen molar-refractivity contribution in [2.24, 2.45) is 11.7 Å². The van der Waals surface area contributed by atoms with Crippen LogP contribution in [0, 0.1) is 5.92 Å². The third-order valence-corrected chi connectivity index (χ3v) is 2.57. The predicted molar refractivity (Wildman–Crippen MR) is 68.0 cm³/mol. The number of nitrogens with zero attached hydrogens (tertiary/aromatic N) is 3. The van der Waals surface area contributed by atoms with Gasteiger partial charge in [0.15, 0.2) is 5.69 Å². The Bertz CT molecular complexity index is 418. The molecule has 0 atom stereocenters. The van der Waals surface area contributed by atoms with E-state index in [-0.39, 0.29) is 5.69 Å². The van der Waals surface area contributed by atoms with Crippen LogP contribution in [0.25, 0.3) is 0 Å². The minimum atomic E-state index is -0.908. The Morgan fingerprint density at radius 1 is 1.50 bits per heavy atom. The van der Waals surface area contributed by atoms with Crippen molar-refractivity contribution < 1.29 is 9.90 Å². The summed E-state index contributed by atoms with van der Waals surface area (Å²) in [7, 11) is 0. The average molecular weight is 254 g/mol. The van der Waals surface area contributed by atoms with Crippen LogP contribution in [0.2, 0.25) is 0 Å². The molecule has 0 fully saturated rings. The monoisotopic (exact) mass is 254 g/mol. The Kier molecular flexibility index (Phi) is 4.45. The lowest BCUT2D eigenvalue weighted by molar-refractivity contribution is 0.0561. The smallest absolute Gasteiger partial charge is 0.271 e. The molecule has 0 unspecified atom stereocenters. The first kappa shape index (κ1) is 14.6. The molecule has 0 aliphatic heterocycles. The number of hydrogen-bond acceptors (Lipinski definition) is 4. The Balaban J connectivity index is 2.99. The highest BCUT2D eigenvalue weighted by Gasteiger charge is 2.22. The lowest BCUT2D eigenvalue weighted by Gasteiger charge is -2.18. The summed E-state index contributed by atoms with van der Waals surface area (Å²) >= 11 is 0. The third-order valence-electron chi connectivity index (χ3n) is 2.57. The van der Waals surface area contributed by atoms with E-state index in [2.05, 4.69) is 24.2 Å². The van der Waals surface area contributed by atoms with Crippen LogP contribution in [0.15, 0.2) is 0 Å². The average Bonchev–Trinajstić information content (AvgIpc) is 2.55. The second-order valence-corrected chi connectivity index (χ2v) is 5.65. The molecule has 0 aliphatic carbocycles. The fourth-order valence-corrected chi connectivity index (χ4v) is 1.69. The van der Waals surface area contributed by atoms with Crippen molar-refractivity contribution in [1.82, 2.24) is 15.0 Å². The summed E-state index contributed by atoms with van der Waals surface area (Å²) in [6, 6.07) is 0. The summed E-state index contributed by atoms with van der Waals surface area (Å²) in [5.74, 6) is -0.0630. The van der Waals surface area contributed by atoms with Crippen molar-refractivity contribution in [1.29, 1.82) is 0 Å². The van der Waals surface area contributed by atoms with Crippen molar-refractivity contribution in [3.05, 3.63) is 11.4 Å². The molecule has 0 spiro atoms. The second-order valence-electron chi connectivity index (χ2n) is 5.65. The number of carbonyl (C=O) groups is 1. The van der Waals surface area contributed by atoms with Gasteiger partial charge in [0.2, 0.25) is 0 Å². The fraction of sp³-hybridized carbons (Fsp3) is 0.750. The van der Waals surface area contributed by atoms with Gasteiger partial charge in [-0.15, -0.1) is 5.10 Å². The summed E-state index contributed by atoms with van der Waals surface area (Å²) in [6.45, 7) is 7.87. The van der Waals surface area contributed by atoms with E-state index >= 15 is 0 Å². The van der Waals surface area contributed by atoms with Gasteiger partial charge in [0.1, 0.15) is 0 Å². The maximum atomic E-state index is 11.3. The van der Waals surface area contributed by atoms with Crippen molar-refractivity contribution in [3.63, 3.8) is 0 Å². The van der Waals surface area contributed by atoms with Crippen LogP contribution in [-0.4, -0.2) is 31.6 Å². The quantitative estimate of drug-likeness (QED) is 0.782. The molecule has 0 aromatic carbocycles. The molecule has 3 N–H and O–H groups in total. The molecule has 18 heavy (non-hydrogen) atoms. The highest BCUT2D eigenvalue weighted by molar-refractivity contribution is 5.91.